The van der Waals surface area contributed by atoms with Crippen LogP contribution >= 0.6 is 0 Å². The van der Waals surface area contributed by atoms with Gasteiger partial charge in [0, 0.05) is 24.7 Å². The van der Waals surface area contributed by atoms with E-state index in [-0.39, 0.29) is 0 Å². The van der Waals surface area contributed by atoms with E-state index in [2.05, 4.69) is 31.0 Å². The maximum Gasteiger partial charge on any atom is 0.0309 e. The van der Waals surface area contributed by atoms with Gasteiger partial charge in [-0.1, -0.05) is 46.5 Å². The van der Waals surface area contributed by atoms with Crippen LogP contribution in [-0.2, 0) is 0 Å². The first kappa shape index (κ1) is 14.3. The van der Waals surface area contributed by atoms with E-state index in [0.29, 0.717) is 5.54 Å². The van der Waals surface area contributed by atoms with Crippen LogP contribution in [0.15, 0.2) is 0 Å². The summed E-state index contributed by atoms with van der Waals surface area (Å²) in [6.07, 6.45) is 9.72. The molecule has 1 heterocycles. The van der Waals surface area contributed by atoms with Crippen molar-refractivity contribution in [2.24, 2.45) is 5.92 Å². The average molecular weight is 252 g/mol. The Labute approximate surface area is 114 Å². The molecule has 18 heavy (non-hydrogen) atoms. The van der Waals surface area contributed by atoms with Crippen molar-refractivity contribution in [3.63, 3.8) is 0 Å². The van der Waals surface area contributed by atoms with Gasteiger partial charge >= 0.3 is 0 Å². The summed E-state index contributed by atoms with van der Waals surface area (Å²) in [6.45, 7) is 10.9. The maximum atomic E-state index is 3.95. The second-order valence-corrected chi connectivity index (χ2v) is 6.65. The summed E-state index contributed by atoms with van der Waals surface area (Å²) in [7, 11) is 0. The molecule has 2 atom stereocenters. The summed E-state index contributed by atoms with van der Waals surface area (Å²) in [5, 5.41) is 3.95. The van der Waals surface area contributed by atoms with Crippen molar-refractivity contribution in [1.82, 2.24) is 10.2 Å². The van der Waals surface area contributed by atoms with Crippen LogP contribution in [0, 0.1) is 5.92 Å². The quantitative estimate of drug-likeness (QED) is 0.825. The van der Waals surface area contributed by atoms with Crippen LogP contribution in [0.5, 0.6) is 0 Å². The largest absolute Gasteiger partial charge is 0.308 e. The van der Waals surface area contributed by atoms with Gasteiger partial charge in [0.1, 0.15) is 0 Å². The molecule has 106 valence electrons. The Morgan fingerprint density at radius 2 is 1.94 bits per heavy atom. The summed E-state index contributed by atoms with van der Waals surface area (Å²) in [5.41, 5.74) is 0.470. The molecule has 1 saturated carbocycles. The van der Waals surface area contributed by atoms with E-state index in [1.165, 1.54) is 64.6 Å². The Hall–Kier alpha value is -0.0800. The molecule has 0 bridgehead atoms. The lowest BCUT2D eigenvalue weighted by Crippen LogP contribution is -2.66. The minimum atomic E-state index is 0.470. The first-order valence-electron chi connectivity index (χ1n) is 8.20. The highest BCUT2D eigenvalue weighted by Gasteiger charge is 2.40. The van der Waals surface area contributed by atoms with Crippen LogP contribution in [0.25, 0.3) is 0 Å². The third-order valence-electron chi connectivity index (χ3n) is 5.28. The zero-order valence-electron chi connectivity index (χ0n) is 12.7. The third-order valence-corrected chi connectivity index (χ3v) is 5.28. The Kier molecular flexibility index (Phi) is 5.08. The van der Waals surface area contributed by atoms with Crippen LogP contribution in [-0.4, -0.2) is 36.1 Å². The van der Waals surface area contributed by atoms with Crippen molar-refractivity contribution in [1.29, 1.82) is 0 Å². The van der Waals surface area contributed by atoms with E-state index in [0.717, 1.165) is 12.0 Å². The van der Waals surface area contributed by atoms with Crippen LogP contribution in [0.3, 0.4) is 0 Å². The normalized spacial score (nSPS) is 30.5. The van der Waals surface area contributed by atoms with Crippen molar-refractivity contribution in [2.45, 2.75) is 77.3 Å². The molecule has 1 saturated heterocycles. The first-order chi connectivity index (χ1) is 8.71. The second-order valence-electron chi connectivity index (χ2n) is 6.65. The number of rotatable bonds is 4. The number of piperazine rings is 1. The van der Waals surface area contributed by atoms with Crippen molar-refractivity contribution >= 4 is 0 Å². The average Bonchev–Trinajstić information content (AvgIpc) is 2.39. The van der Waals surface area contributed by atoms with Crippen LogP contribution < -0.4 is 5.32 Å². The molecule has 2 aliphatic rings. The summed E-state index contributed by atoms with van der Waals surface area (Å²) < 4.78 is 0. The molecule has 0 radical (unpaired) electrons. The van der Waals surface area contributed by atoms with Crippen molar-refractivity contribution in [2.75, 3.05) is 19.6 Å². The summed E-state index contributed by atoms with van der Waals surface area (Å²) in [6, 6.07) is 0.766. The third kappa shape index (κ3) is 3.08. The predicted octanol–water partition coefficient (Wildman–Crippen LogP) is 3.42. The zero-order valence-corrected chi connectivity index (χ0v) is 12.7. The number of hydrogen-bond acceptors (Lipinski definition) is 2. The lowest BCUT2D eigenvalue weighted by molar-refractivity contribution is 0.0325. The van der Waals surface area contributed by atoms with Gasteiger partial charge in [-0.3, -0.25) is 4.90 Å². The van der Waals surface area contributed by atoms with E-state index in [1.54, 1.807) is 0 Å². The van der Waals surface area contributed by atoms with Crippen LogP contribution in [0.2, 0.25) is 0 Å². The fourth-order valence-electron chi connectivity index (χ4n) is 3.94. The standard InChI is InChI=1S/C16H32N2/c1-4-11-18-13-16(9-7-6-8-10-16)17-12-15(18)14(3)5-2/h14-15,17H,4-13H2,1-3H3. The van der Waals surface area contributed by atoms with E-state index >= 15 is 0 Å². The van der Waals surface area contributed by atoms with Gasteiger partial charge in [0.05, 0.1) is 0 Å². The Balaban J connectivity index is 2.02. The molecule has 2 fully saturated rings. The smallest absolute Gasteiger partial charge is 0.0309 e. The number of nitrogens with one attached hydrogen (secondary N) is 1. The molecule has 2 heteroatoms. The van der Waals surface area contributed by atoms with Gasteiger partial charge in [0.25, 0.3) is 0 Å². The summed E-state index contributed by atoms with van der Waals surface area (Å²) in [5.74, 6) is 0.824. The molecule has 1 aliphatic heterocycles. The van der Waals surface area contributed by atoms with E-state index in [4.69, 9.17) is 0 Å². The Morgan fingerprint density at radius 1 is 1.22 bits per heavy atom. The van der Waals surface area contributed by atoms with Gasteiger partial charge in [0.15, 0.2) is 0 Å². The SMILES string of the molecule is CCCN1CC2(CCCCC2)NCC1C(C)CC. The van der Waals surface area contributed by atoms with Crippen LogP contribution in [0.1, 0.15) is 65.7 Å². The molecule has 0 aromatic heterocycles. The molecule has 0 aromatic carbocycles. The topological polar surface area (TPSA) is 15.3 Å². The van der Waals surface area contributed by atoms with Gasteiger partial charge in [-0.15, -0.1) is 0 Å². The lowest BCUT2D eigenvalue weighted by Gasteiger charge is -2.51. The molecular formula is C16H32N2. The van der Waals surface area contributed by atoms with Crippen LogP contribution in [0.4, 0.5) is 0 Å². The lowest BCUT2D eigenvalue weighted by atomic mass is 9.78. The second kappa shape index (κ2) is 6.38. The highest BCUT2D eigenvalue weighted by atomic mass is 15.3. The van der Waals surface area contributed by atoms with Crippen molar-refractivity contribution in [3.05, 3.63) is 0 Å². The Morgan fingerprint density at radius 3 is 2.56 bits per heavy atom. The molecule has 2 nitrogen and oxygen atoms in total. The fourth-order valence-corrected chi connectivity index (χ4v) is 3.94. The number of hydrogen-bond donors (Lipinski definition) is 1. The molecule has 2 rings (SSSR count). The molecule has 1 aliphatic carbocycles. The number of nitrogens with zero attached hydrogens (tertiary/aromatic N) is 1. The zero-order chi connectivity index (χ0) is 13.0. The minimum Gasteiger partial charge on any atom is -0.308 e. The van der Waals surface area contributed by atoms with Gasteiger partial charge in [-0.2, -0.15) is 0 Å². The predicted molar refractivity (Wildman–Crippen MR) is 78.9 cm³/mol. The maximum absolute atomic E-state index is 3.95. The van der Waals surface area contributed by atoms with Gasteiger partial charge in [-0.05, 0) is 31.7 Å². The van der Waals surface area contributed by atoms with Gasteiger partial charge in [0.2, 0.25) is 0 Å². The molecular weight excluding hydrogens is 220 g/mol. The first-order valence-corrected chi connectivity index (χ1v) is 8.20. The minimum absolute atomic E-state index is 0.470. The molecule has 2 unspecified atom stereocenters. The fraction of sp³-hybridized carbons (Fsp3) is 1.00. The monoisotopic (exact) mass is 252 g/mol. The van der Waals surface area contributed by atoms with Gasteiger partial charge < -0.3 is 5.32 Å². The van der Waals surface area contributed by atoms with E-state index in [1.807, 2.05) is 0 Å². The summed E-state index contributed by atoms with van der Waals surface area (Å²) in [4.78, 5) is 2.80. The molecule has 1 N–H and O–H groups in total. The summed E-state index contributed by atoms with van der Waals surface area (Å²) >= 11 is 0. The van der Waals surface area contributed by atoms with Crippen molar-refractivity contribution < 1.29 is 0 Å². The highest BCUT2D eigenvalue weighted by Crippen LogP contribution is 2.33. The van der Waals surface area contributed by atoms with Gasteiger partial charge in [-0.25, -0.2) is 0 Å². The highest BCUT2D eigenvalue weighted by molar-refractivity contribution is 5.00. The molecule has 0 aromatic rings. The molecule has 0 amide bonds. The van der Waals surface area contributed by atoms with E-state index in [9.17, 15) is 0 Å². The molecule has 1 spiro atoms. The Bertz CT molecular complexity index is 245. The van der Waals surface area contributed by atoms with Crippen molar-refractivity contribution in [3.8, 4) is 0 Å². The van der Waals surface area contributed by atoms with E-state index < -0.39 is 0 Å².